The molecule has 1 aliphatic heterocycles. The van der Waals surface area contributed by atoms with Crippen LogP contribution >= 0.6 is 0 Å². The zero-order valence-electron chi connectivity index (χ0n) is 15.0. The van der Waals surface area contributed by atoms with Gasteiger partial charge in [0.25, 0.3) is 0 Å². The Hall–Kier alpha value is -1.37. The van der Waals surface area contributed by atoms with Gasteiger partial charge in [-0.2, -0.15) is 0 Å². The molecule has 1 aromatic rings. The average molecular weight is 318 g/mol. The first-order valence-electron chi connectivity index (χ1n) is 8.08. The lowest BCUT2D eigenvalue weighted by atomic mass is 9.77. The highest BCUT2D eigenvalue weighted by Gasteiger charge is 2.52. The van der Waals surface area contributed by atoms with Crippen molar-refractivity contribution in [3.05, 3.63) is 29.4 Å². The lowest BCUT2D eigenvalue weighted by Gasteiger charge is -2.32. The van der Waals surface area contributed by atoms with Gasteiger partial charge in [0.1, 0.15) is 0 Å². The summed E-state index contributed by atoms with van der Waals surface area (Å²) in [5.74, 6) is 0.635. The van der Waals surface area contributed by atoms with Crippen LogP contribution in [0.3, 0.4) is 0 Å². The highest BCUT2D eigenvalue weighted by molar-refractivity contribution is 6.55. The fraction of sp³-hybridized carbons (Fsp3) is 0.588. The van der Waals surface area contributed by atoms with Crippen LogP contribution in [0.2, 0.25) is 0 Å². The Morgan fingerprint density at radius 1 is 1.26 bits per heavy atom. The molecule has 0 aromatic carbocycles. The highest BCUT2D eigenvalue weighted by Crippen LogP contribution is 2.38. The molecule has 2 rings (SSSR count). The molecule has 0 amide bonds. The Bertz CT molecular complexity index is 539. The van der Waals surface area contributed by atoms with E-state index in [4.69, 9.17) is 14.0 Å². The molecule has 1 saturated heterocycles. The predicted molar refractivity (Wildman–Crippen MR) is 93.4 cm³/mol. The topological polar surface area (TPSA) is 52.6 Å². The Morgan fingerprint density at radius 2 is 1.91 bits per heavy atom. The van der Waals surface area contributed by atoms with E-state index in [1.54, 1.807) is 6.20 Å². The maximum atomic E-state index is 6.14. The Balaban J connectivity index is 2.21. The number of rotatable bonds is 6. The minimum absolute atomic E-state index is 0.346. The van der Waals surface area contributed by atoms with Crippen molar-refractivity contribution in [1.82, 2.24) is 10.3 Å². The van der Waals surface area contributed by atoms with Crippen molar-refractivity contribution < 1.29 is 14.0 Å². The fourth-order valence-corrected chi connectivity index (χ4v) is 2.33. The lowest BCUT2D eigenvalue weighted by Crippen LogP contribution is -2.41. The number of likely N-dealkylation sites (N-methyl/N-ethyl adjacent to an activating group) is 1. The van der Waals surface area contributed by atoms with Crippen LogP contribution in [0.25, 0.3) is 6.08 Å². The summed E-state index contributed by atoms with van der Waals surface area (Å²) >= 11 is 0. The van der Waals surface area contributed by atoms with Gasteiger partial charge in [0.15, 0.2) is 0 Å². The fourth-order valence-electron chi connectivity index (χ4n) is 2.33. The molecule has 0 unspecified atom stereocenters. The average Bonchev–Trinajstić information content (AvgIpc) is 2.69. The van der Waals surface area contributed by atoms with Crippen LogP contribution in [0.1, 0.15) is 40.2 Å². The molecular weight excluding hydrogens is 291 g/mol. The van der Waals surface area contributed by atoms with E-state index in [0.717, 1.165) is 11.0 Å². The number of nitrogens with zero attached hydrogens (tertiary/aromatic N) is 1. The summed E-state index contributed by atoms with van der Waals surface area (Å²) in [5.41, 5.74) is 1.34. The van der Waals surface area contributed by atoms with E-state index in [0.29, 0.717) is 19.0 Å². The van der Waals surface area contributed by atoms with Crippen molar-refractivity contribution in [1.29, 1.82) is 0 Å². The van der Waals surface area contributed by atoms with E-state index in [-0.39, 0.29) is 18.3 Å². The second-order valence-electron chi connectivity index (χ2n) is 6.70. The first-order valence-corrected chi connectivity index (χ1v) is 8.08. The van der Waals surface area contributed by atoms with Crippen LogP contribution in [-0.2, 0) is 9.31 Å². The molecule has 0 aliphatic carbocycles. The Labute approximate surface area is 139 Å². The molecule has 0 bridgehead atoms. The number of ether oxygens (including phenoxy) is 1. The SMILES string of the molecule is CCOc1ccc(C=C(CNC)B2OC(C)(C)C(C)(C)O2)cn1. The summed E-state index contributed by atoms with van der Waals surface area (Å²) in [6.07, 6.45) is 3.85. The van der Waals surface area contributed by atoms with Gasteiger partial charge in [-0.3, -0.25) is 0 Å². The lowest BCUT2D eigenvalue weighted by molar-refractivity contribution is 0.00578. The van der Waals surface area contributed by atoms with Crippen molar-refractivity contribution in [2.75, 3.05) is 20.2 Å². The third kappa shape index (κ3) is 4.13. The number of aromatic nitrogens is 1. The van der Waals surface area contributed by atoms with E-state index >= 15 is 0 Å². The summed E-state index contributed by atoms with van der Waals surface area (Å²) in [6, 6.07) is 3.86. The van der Waals surface area contributed by atoms with E-state index < -0.39 is 0 Å². The molecule has 1 aliphatic rings. The molecule has 1 fully saturated rings. The quantitative estimate of drug-likeness (QED) is 0.817. The molecule has 5 nitrogen and oxygen atoms in total. The van der Waals surface area contributed by atoms with Crippen molar-refractivity contribution in [3.8, 4) is 5.88 Å². The van der Waals surface area contributed by atoms with E-state index in [1.165, 1.54) is 0 Å². The number of hydrogen-bond acceptors (Lipinski definition) is 5. The van der Waals surface area contributed by atoms with Crippen LogP contribution in [0, 0.1) is 0 Å². The van der Waals surface area contributed by atoms with Crippen molar-refractivity contribution in [3.63, 3.8) is 0 Å². The van der Waals surface area contributed by atoms with Gasteiger partial charge in [-0.25, -0.2) is 4.98 Å². The number of nitrogens with one attached hydrogen (secondary N) is 1. The maximum Gasteiger partial charge on any atom is 0.491 e. The zero-order chi connectivity index (χ0) is 17.1. The minimum Gasteiger partial charge on any atom is -0.478 e. The molecule has 1 aromatic heterocycles. The molecule has 6 heteroatoms. The third-order valence-corrected chi connectivity index (χ3v) is 4.34. The van der Waals surface area contributed by atoms with Gasteiger partial charge in [0, 0.05) is 18.8 Å². The molecular formula is C17H27BN2O3. The van der Waals surface area contributed by atoms with E-state index in [9.17, 15) is 0 Å². The van der Waals surface area contributed by atoms with Gasteiger partial charge in [-0.05, 0) is 58.8 Å². The monoisotopic (exact) mass is 318 g/mol. The maximum absolute atomic E-state index is 6.14. The van der Waals surface area contributed by atoms with Crippen molar-refractivity contribution in [2.45, 2.75) is 45.8 Å². The van der Waals surface area contributed by atoms with Crippen LogP contribution in [0.5, 0.6) is 5.88 Å². The molecule has 126 valence electrons. The molecule has 0 atom stereocenters. The third-order valence-electron chi connectivity index (χ3n) is 4.34. The molecule has 1 N–H and O–H groups in total. The summed E-state index contributed by atoms with van der Waals surface area (Å²) in [6.45, 7) is 11.5. The molecule has 0 radical (unpaired) electrons. The molecule has 0 spiro atoms. The summed E-state index contributed by atoms with van der Waals surface area (Å²) in [5, 5.41) is 3.18. The molecule has 23 heavy (non-hydrogen) atoms. The zero-order valence-corrected chi connectivity index (χ0v) is 15.0. The van der Waals surface area contributed by atoms with Crippen LogP contribution in [0.15, 0.2) is 23.8 Å². The Kier molecular flexibility index (Phi) is 5.50. The molecule has 0 saturated carbocycles. The minimum atomic E-state index is -0.362. The smallest absolute Gasteiger partial charge is 0.478 e. The second-order valence-corrected chi connectivity index (χ2v) is 6.70. The highest BCUT2D eigenvalue weighted by atomic mass is 16.7. The van der Waals surface area contributed by atoms with Gasteiger partial charge in [0.05, 0.1) is 17.8 Å². The van der Waals surface area contributed by atoms with Crippen LogP contribution in [0.4, 0.5) is 0 Å². The standard InChI is InChI=1S/C17H27BN2O3/c1-7-21-15-9-8-13(11-20-15)10-14(12-19-6)18-22-16(2,3)17(4,5)23-18/h8-11,19H,7,12H2,1-6H3. The number of pyridine rings is 1. The number of hydrogen-bond donors (Lipinski definition) is 1. The van der Waals surface area contributed by atoms with Crippen LogP contribution < -0.4 is 10.1 Å². The predicted octanol–water partition coefficient (Wildman–Crippen LogP) is 2.71. The van der Waals surface area contributed by atoms with Crippen molar-refractivity contribution in [2.24, 2.45) is 0 Å². The first kappa shape index (κ1) is 18.0. The molecule has 2 heterocycles. The van der Waals surface area contributed by atoms with Gasteiger partial charge in [0.2, 0.25) is 5.88 Å². The summed E-state index contributed by atoms with van der Waals surface area (Å²) < 4.78 is 17.6. The summed E-state index contributed by atoms with van der Waals surface area (Å²) in [7, 11) is 1.55. The first-order chi connectivity index (χ1) is 10.8. The largest absolute Gasteiger partial charge is 0.491 e. The van der Waals surface area contributed by atoms with E-state index in [1.807, 2.05) is 26.1 Å². The van der Waals surface area contributed by atoms with Gasteiger partial charge in [-0.1, -0.05) is 6.08 Å². The normalized spacial score (nSPS) is 19.9. The van der Waals surface area contributed by atoms with Gasteiger partial charge in [-0.15, -0.1) is 0 Å². The van der Waals surface area contributed by atoms with E-state index in [2.05, 4.69) is 44.1 Å². The second kappa shape index (κ2) is 7.03. The van der Waals surface area contributed by atoms with Gasteiger partial charge >= 0.3 is 7.12 Å². The summed E-state index contributed by atoms with van der Waals surface area (Å²) in [4.78, 5) is 4.30. The van der Waals surface area contributed by atoms with Crippen LogP contribution in [-0.4, -0.2) is 43.5 Å². The Morgan fingerprint density at radius 3 is 2.39 bits per heavy atom. The van der Waals surface area contributed by atoms with Gasteiger partial charge < -0.3 is 19.4 Å². The van der Waals surface area contributed by atoms with Crippen molar-refractivity contribution >= 4 is 13.2 Å².